The minimum Gasteiger partial charge on any atom is -0.481 e. The molecule has 1 saturated carbocycles. The molecule has 2 heterocycles. The van der Waals surface area contributed by atoms with Gasteiger partial charge in [-0.25, -0.2) is 18.7 Å². The van der Waals surface area contributed by atoms with Crippen molar-refractivity contribution < 1.29 is 18.3 Å². The van der Waals surface area contributed by atoms with Crippen LogP contribution in [-0.2, 0) is 0 Å². The topological polar surface area (TPSA) is 128 Å². The van der Waals surface area contributed by atoms with Crippen molar-refractivity contribution in [1.82, 2.24) is 9.97 Å². The lowest BCUT2D eigenvalue weighted by atomic mass is 9.91. The molecule has 3 aromatic rings. The minimum atomic E-state index is -0.856. The van der Waals surface area contributed by atoms with Crippen molar-refractivity contribution in [3.8, 4) is 17.0 Å². The van der Waals surface area contributed by atoms with Gasteiger partial charge >= 0.3 is 0 Å². The van der Waals surface area contributed by atoms with Crippen LogP contribution in [-0.4, -0.2) is 35.1 Å². The van der Waals surface area contributed by atoms with Crippen LogP contribution in [0.25, 0.3) is 11.1 Å². The van der Waals surface area contributed by atoms with Gasteiger partial charge in [-0.2, -0.15) is 0 Å². The summed E-state index contributed by atoms with van der Waals surface area (Å²) in [6.07, 6.45) is 5.06. The first-order valence-corrected chi connectivity index (χ1v) is 11.0. The van der Waals surface area contributed by atoms with Crippen LogP contribution in [0.2, 0.25) is 0 Å². The Morgan fingerprint density at radius 1 is 1.09 bits per heavy atom. The van der Waals surface area contributed by atoms with Gasteiger partial charge in [-0.1, -0.05) is 31.0 Å². The van der Waals surface area contributed by atoms with Crippen LogP contribution in [0.1, 0.15) is 36.0 Å². The van der Waals surface area contributed by atoms with E-state index < -0.39 is 17.5 Å². The predicted molar refractivity (Wildman–Crippen MR) is 126 cm³/mol. The number of carbonyl (C=O) groups excluding carboxylic acids is 1. The SMILES string of the molecule is COc1ncc(Nc2nc(N[C@@H]3CCCC[C@@H]3N)c(F)cc2C(N)=O)cc1-c1ccccc1F. The number of hydrogen-bond donors (Lipinski definition) is 4. The molecular weight excluding hydrogens is 442 g/mol. The monoisotopic (exact) mass is 468 g/mol. The number of amides is 1. The van der Waals surface area contributed by atoms with Gasteiger partial charge in [0.05, 0.1) is 24.6 Å². The van der Waals surface area contributed by atoms with Gasteiger partial charge in [0, 0.05) is 23.2 Å². The highest BCUT2D eigenvalue weighted by molar-refractivity contribution is 5.98. The first kappa shape index (κ1) is 23.4. The zero-order valence-corrected chi connectivity index (χ0v) is 18.6. The molecular formula is C24H26F2N6O2. The van der Waals surface area contributed by atoms with E-state index in [4.69, 9.17) is 16.2 Å². The number of anilines is 3. The second kappa shape index (κ2) is 10.0. The molecule has 1 aliphatic rings. The summed E-state index contributed by atoms with van der Waals surface area (Å²) in [6.45, 7) is 0. The van der Waals surface area contributed by atoms with E-state index in [9.17, 15) is 13.6 Å². The van der Waals surface area contributed by atoms with E-state index in [0.29, 0.717) is 11.3 Å². The van der Waals surface area contributed by atoms with Crippen LogP contribution in [0, 0.1) is 11.6 Å². The van der Waals surface area contributed by atoms with E-state index in [1.165, 1.54) is 19.4 Å². The second-order valence-corrected chi connectivity index (χ2v) is 8.16. The molecule has 1 fully saturated rings. The lowest BCUT2D eigenvalue weighted by Gasteiger charge is -2.30. The number of nitrogens with two attached hydrogens (primary N) is 2. The molecule has 0 radical (unpaired) electrons. The molecule has 10 heteroatoms. The molecule has 1 aromatic carbocycles. The number of primary amides is 1. The maximum atomic E-state index is 14.8. The van der Waals surface area contributed by atoms with Crippen molar-refractivity contribution in [2.45, 2.75) is 37.8 Å². The number of rotatable bonds is 7. The third-order valence-corrected chi connectivity index (χ3v) is 5.85. The van der Waals surface area contributed by atoms with Gasteiger partial charge < -0.3 is 26.8 Å². The zero-order valence-electron chi connectivity index (χ0n) is 18.6. The highest BCUT2D eigenvalue weighted by atomic mass is 19.1. The first-order chi connectivity index (χ1) is 16.4. The van der Waals surface area contributed by atoms with E-state index in [2.05, 4.69) is 20.6 Å². The Morgan fingerprint density at radius 2 is 1.85 bits per heavy atom. The summed E-state index contributed by atoms with van der Waals surface area (Å²) in [5.41, 5.74) is 12.6. The summed E-state index contributed by atoms with van der Waals surface area (Å²) in [5.74, 6) is -1.81. The zero-order chi connectivity index (χ0) is 24.2. The van der Waals surface area contributed by atoms with Crippen molar-refractivity contribution in [1.29, 1.82) is 0 Å². The Bertz CT molecular complexity index is 1210. The van der Waals surface area contributed by atoms with Crippen molar-refractivity contribution in [3.05, 3.63) is 59.8 Å². The molecule has 0 aliphatic heterocycles. The van der Waals surface area contributed by atoms with Gasteiger partial charge in [0.2, 0.25) is 5.88 Å². The molecule has 2 aromatic heterocycles. The van der Waals surface area contributed by atoms with Gasteiger partial charge in [0.15, 0.2) is 11.6 Å². The van der Waals surface area contributed by atoms with Gasteiger partial charge in [-0.05, 0) is 31.0 Å². The van der Waals surface area contributed by atoms with E-state index in [1.54, 1.807) is 24.3 Å². The molecule has 0 unspecified atom stereocenters. The highest BCUT2D eigenvalue weighted by Gasteiger charge is 2.24. The van der Waals surface area contributed by atoms with E-state index in [-0.39, 0.29) is 40.7 Å². The van der Waals surface area contributed by atoms with Crippen LogP contribution < -0.4 is 26.8 Å². The van der Waals surface area contributed by atoms with Crippen LogP contribution >= 0.6 is 0 Å². The van der Waals surface area contributed by atoms with Gasteiger partial charge in [0.1, 0.15) is 11.6 Å². The Kier molecular flexibility index (Phi) is 6.87. The molecule has 4 rings (SSSR count). The molecule has 1 aliphatic carbocycles. The number of pyridine rings is 2. The smallest absolute Gasteiger partial charge is 0.252 e. The largest absolute Gasteiger partial charge is 0.481 e. The Morgan fingerprint density at radius 3 is 2.56 bits per heavy atom. The highest BCUT2D eigenvalue weighted by Crippen LogP contribution is 2.34. The van der Waals surface area contributed by atoms with Crippen LogP contribution in [0.4, 0.5) is 26.1 Å². The Labute approximate surface area is 195 Å². The molecule has 0 spiro atoms. The average molecular weight is 469 g/mol. The number of hydrogen-bond acceptors (Lipinski definition) is 7. The molecule has 6 N–H and O–H groups in total. The summed E-state index contributed by atoms with van der Waals surface area (Å²) in [7, 11) is 1.43. The summed E-state index contributed by atoms with van der Waals surface area (Å²) in [4.78, 5) is 20.5. The van der Waals surface area contributed by atoms with Crippen LogP contribution in [0.5, 0.6) is 5.88 Å². The molecule has 0 saturated heterocycles. The first-order valence-electron chi connectivity index (χ1n) is 11.0. The summed E-state index contributed by atoms with van der Waals surface area (Å²) in [6, 6.07) is 8.56. The summed E-state index contributed by atoms with van der Waals surface area (Å²) < 4.78 is 34.5. The predicted octanol–water partition coefficient (Wildman–Crippen LogP) is 3.95. The van der Waals surface area contributed by atoms with E-state index in [1.807, 2.05) is 0 Å². The number of aromatic nitrogens is 2. The number of carbonyl (C=O) groups is 1. The molecule has 34 heavy (non-hydrogen) atoms. The van der Waals surface area contributed by atoms with Crippen molar-refractivity contribution in [3.63, 3.8) is 0 Å². The third kappa shape index (κ3) is 4.91. The Balaban J connectivity index is 1.71. The number of nitrogens with zero attached hydrogens (tertiary/aromatic N) is 2. The fourth-order valence-electron chi connectivity index (χ4n) is 4.08. The maximum absolute atomic E-state index is 14.8. The van der Waals surface area contributed by atoms with Crippen molar-refractivity contribution >= 4 is 23.2 Å². The maximum Gasteiger partial charge on any atom is 0.252 e. The number of nitrogens with one attached hydrogen (secondary N) is 2. The molecule has 178 valence electrons. The fraction of sp³-hybridized carbons (Fsp3) is 0.292. The Hall–Kier alpha value is -3.79. The normalized spacial score (nSPS) is 17.8. The number of benzene rings is 1. The second-order valence-electron chi connectivity index (χ2n) is 8.16. The lowest BCUT2D eigenvalue weighted by Crippen LogP contribution is -2.43. The molecule has 1 amide bonds. The quantitative estimate of drug-likeness (QED) is 0.413. The van der Waals surface area contributed by atoms with Crippen LogP contribution in [0.15, 0.2) is 42.6 Å². The van der Waals surface area contributed by atoms with Crippen molar-refractivity contribution in [2.75, 3.05) is 17.7 Å². The number of halogens is 2. The molecule has 2 atom stereocenters. The van der Waals surface area contributed by atoms with E-state index in [0.717, 1.165) is 31.7 Å². The average Bonchev–Trinajstić information content (AvgIpc) is 2.82. The molecule has 0 bridgehead atoms. The third-order valence-electron chi connectivity index (χ3n) is 5.85. The lowest BCUT2D eigenvalue weighted by molar-refractivity contribution is 0.100. The van der Waals surface area contributed by atoms with Crippen LogP contribution in [0.3, 0.4) is 0 Å². The standard InChI is InChI=1S/C24H26F2N6O2/c1-34-24-15(14-6-2-3-7-17(14)25)10-13(12-29-24)30-22-16(21(28)33)11-18(26)23(32-22)31-20-9-5-4-8-19(20)27/h2-3,6-7,10-12,19-20H,4-5,8-9,27H2,1H3,(H2,28,33)(H2,30,31,32)/t19-,20+/m0/s1. The van der Waals surface area contributed by atoms with Gasteiger partial charge in [-0.15, -0.1) is 0 Å². The van der Waals surface area contributed by atoms with Gasteiger partial charge in [-0.3, -0.25) is 4.79 Å². The fourth-order valence-corrected chi connectivity index (χ4v) is 4.08. The number of methoxy groups -OCH3 is 1. The number of ether oxygens (including phenoxy) is 1. The van der Waals surface area contributed by atoms with Gasteiger partial charge in [0.25, 0.3) is 5.91 Å². The minimum absolute atomic E-state index is 0.0345. The summed E-state index contributed by atoms with van der Waals surface area (Å²) in [5, 5.41) is 6.03. The summed E-state index contributed by atoms with van der Waals surface area (Å²) >= 11 is 0. The van der Waals surface area contributed by atoms with Crippen molar-refractivity contribution in [2.24, 2.45) is 11.5 Å². The van der Waals surface area contributed by atoms with E-state index >= 15 is 0 Å². The molecule has 8 nitrogen and oxygen atoms in total.